The number of ether oxygens (including phenoxy) is 1. The van der Waals surface area contributed by atoms with Gasteiger partial charge in [-0.25, -0.2) is 18.5 Å². The second-order valence-corrected chi connectivity index (χ2v) is 6.72. The highest BCUT2D eigenvalue weighted by Crippen LogP contribution is 2.26. The number of rotatable bonds is 6. The molecule has 0 spiro atoms. The van der Waals surface area contributed by atoms with Crippen molar-refractivity contribution in [3.8, 4) is 17.1 Å². The number of aliphatic hydroxyl groups excluding tert-OH is 1. The van der Waals surface area contributed by atoms with Crippen LogP contribution < -0.4 is 4.90 Å². The lowest BCUT2D eigenvalue weighted by Crippen LogP contribution is -2.26. The Balaban J connectivity index is 1.34. The van der Waals surface area contributed by atoms with Crippen LogP contribution in [0.25, 0.3) is 17.1 Å². The number of nitrogens with zero attached hydrogens (tertiary/aromatic N) is 8. The largest absolute Gasteiger partial charge is 0.442 e. The lowest BCUT2D eigenvalue weighted by molar-refractivity contribution is 0.129. The van der Waals surface area contributed by atoms with Crippen molar-refractivity contribution in [2.45, 2.75) is 19.3 Å². The van der Waals surface area contributed by atoms with E-state index >= 15 is 0 Å². The van der Waals surface area contributed by atoms with Gasteiger partial charge in [0.15, 0.2) is 5.82 Å². The highest BCUT2D eigenvalue weighted by atomic mass is 19.1. The number of hydrogen-bond donors (Lipinski definition) is 1. The summed E-state index contributed by atoms with van der Waals surface area (Å²) in [7, 11) is 0. The summed E-state index contributed by atoms with van der Waals surface area (Å²) in [4.78, 5) is 17.6. The van der Waals surface area contributed by atoms with E-state index in [0.717, 1.165) is 0 Å². The molecule has 1 amide bonds. The van der Waals surface area contributed by atoms with E-state index in [2.05, 4.69) is 25.6 Å². The van der Waals surface area contributed by atoms with Gasteiger partial charge in [0.25, 0.3) is 5.89 Å². The van der Waals surface area contributed by atoms with Crippen LogP contribution in [0.1, 0.15) is 5.89 Å². The first-order valence-electron chi connectivity index (χ1n) is 9.21. The van der Waals surface area contributed by atoms with Crippen LogP contribution >= 0.6 is 0 Å². The van der Waals surface area contributed by atoms with Gasteiger partial charge in [-0.3, -0.25) is 4.90 Å². The molecule has 4 heterocycles. The van der Waals surface area contributed by atoms with Crippen LogP contribution in [0.5, 0.6) is 0 Å². The topological polar surface area (TPSA) is 137 Å². The molecule has 13 heteroatoms. The first-order valence-corrected chi connectivity index (χ1v) is 9.21. The first kappa shape index (κ1) is 18.9. The molecule has 4 aromatic rings. The predicted octanol–water partition coefficient (Wildman–Crippen LogP) is 1.17. The third kappa shape index (κ3) is 3.61. The van der Waals surface area contributed by atoms with E-state index in [1.807, 2.05) is 0 Å². The maximum absolute atomic E-state index is 14.8. The molecule has 1 fully saturated rings. The van der Waals surface area contributed by atoms with Crippen LogP contribution in [-0.2, 0) is 17.9 Å². The summed E-state index contributed by atoms with van der Waals surface area (Å²) in [6, 6.07) is 4.36. The number of hydrogen-bond acceptors (Lipinski definition) is 9. The van der Waals surface area contributed by atoms with E-state index < -0.39 is 18.0 Å². The number of amides is 1. The Kier molecular flexibility index (Phi) is 4.63. The maximum Gasteiger partial charge on any atom is 0.414 e. The summed E-state index contributed by atoms with van der Waals surface area (Å²) in [6.45, 7) is 0.233. The predicted molar refractivity (Wildman–Crippen MR) is 100 cm³/mol. The van der Waals surface area contributed by atoms with Gasteiger partial charge in [0, 0.05) is 12.4 Å². The molecule has 158 valence electrons. The molecule has 1 aromatic carbocycles. The second kappa shape index (κ2) is 7.60. The minimum atomic E-state index is -0.580. The molecule has 3 aromatic heterocycles. The molecule has 1 saturated heterocycles. The summed E-state index contributed by atoms with van der Waals surface area (Å²) in [5, 5.41) is 24.4. The average Bonchev–Trinajstić information content (AvgIpc) is 3.55. The first-order chi connectivity index (χ1) is 15.1. The number of cyclic esters (lactones) is 1. The monoisotopic (exact) mass is 426 g/mol. The van der Waals surface area contributed by atoms with E-state index in [4.69, 9.17) is 14.4 Å². The van der Waals surface area contributed by atoms with Crippen molar-refractivity contribution < 1.29 is 23.6 Å². The van der Waals surface area contributed by atoms with Crippen molar-refractivity contribution in [1.29, 1.82) is 0 Å². The molecule has 0 aliphatic carbocycles. The third-order valence-electron chi connectivity index (χ3n) is 4.67. The summed E-state index contributed by atoms with van der Waals surface area (Å²) >= 11 is 0. The standard InChI is InChI=1S/C18H15FN8O4/c19-14-5-12(26-9-13(30-18(26)29)8-25-4-3-20-24-25)1-2-15(14)27-7-11(6-21-27)17-22-16(10-28)31-23-17/h1-7,13,28H,8-10H2/t13-/m0/s1. The second-order valence-electron chi connectivity index (χ2n) is 6.72. The average molecular weight is 426 g/mol. The Hall–Kier alpha value is -4.13. The van der Waals surface area contributed by atoms with Gasteiger partial charge in [0.1, 0.15) is 18.4 Å². The zero-order valence-electron chi connectivity index (χ0n) is 15.9. The van der Waals surface area contributed by atoms with Gasteiger partial charge in [-0.1, -0.05) is 10.4 Å². The molecule has 12 nitrogen and oxygen atoms in total. The zero-order chi connectivity index (χ0) is 21.4. The van der Waals surface area contributed by atoms with Gasteiger partial charge in [0.2, 0.25) is 5.82 Å². The molecule has 0 bridgehead atoms. The van der Waals surface area contributed by atoms with Gasteiger partial charge in [0.05, 0.1) is 36.7 Å². The van der Waals surface area contributed by atoms with Gasteiger partial charge in [-0.15, -0.1) is 5.10 Å². The fraction of sp³-hybridized carbons (Fsp3) is 0.222. The van der Waals surface area contributed by atoms with Crippen molar-refractivity contribution in [1.82, 2.24) is 34.9 Å². The summed E-state index contributed by atoms with van der Waals surface area (Å²) in [5.74, 6) is -0.285. The number of benzene rings is 1. The minimum Gasteiger partial charge on any atom is -0.442 e. The Morgan fingerprint density at radius 3 is 2.97 bits per heavy atom. The summed E-state index contributed by atoms with van der Waals surface area (Å²) in [5.41, 5.74) is 1.03. The molecule has 31 heavy (non-hydrogen) atoms. The normalized spacial score (nSPS) is 16.1. The van der Waals surface area contributed by atoms with E-state index in [1.165, 1.54) is 40.3 Å². The number of anilines is 1. The minimum absolute atomic E-state index is 0.0675. The molecule has 1 N–H and O–H groups in total. The van der Waals surface area contributed by atoms with Crippen molar-refractivity contribution in [2.75, 3.05) is 11.4 Å². The summed E-state index contributed by atoms with van der Waals surface area (Å²) in [6.07, 6.45) is 5.20. The fourth-order valence-corrected chi connectivity index (χ4v) is 3.22. The lowest BCUT2D eigenvalue weighted by Gasteiger charge is -2.14. The number of aromatic nitrogens is 7. The lowest BCUT2D eigenvalue weighted by atomic mass is 10.2. The summed E-state index contributed by atoms with van der Waals surface area (Å²) < 4.78 is 27.9. The molecule has 1 aliphatic rings. The van der Waals surface area contributed by atoms with Crippen LogP contribution in [0.3, 0.4) is 0 Å². The van der Waals surface area contributed by atoms with Gasteiger partial charge >= 0.3 is 6.09 Å². The van der Waals surface area contributed by atoms with Crippen molar-refractivity contribution in [2.24, 2.45) is 0 Å². The molecule has 1 atom stereocenters. The smallest absolute Gasteiger partial charge is 0.414 e. The Morgan fingerprint density at radius 1 is 1.32 bits per heavy atom. The number of halogens is 1. The Labute approximate surface area is 173 Å². The van der Waals surface area contributed by atoms with Crippen LogP contribution in [0.2, 0.25) is 0 Å². The maximum atomic E-state index is 14.8. The third-order valence-corrected chi connectivity index (χ3v) is 4.67. The van der Waals surface area contributed by atoms with Crippen molar-refractivity contribution in [3.63, 3.8) is 0 Å². The van der Waals surface area contributed by atoms with E-state index in [0.29, 0.717) is 17.8 Å². The van der Waals surface area contributed by atoms with E-state index in [9.17, 15) is 9.18 Å². The molecule has 0 saturated carbocycles. The molecule has 5 rings (SSSR count). The van der Waals surface area contributed by atoms with Gasteiger partial charge < -0.3 is 14.4 Å². The Bertz CT molecular complexity index is 1220. The number of carbonyl (C=O) groups excluding carboxylic acids is 1. The molecule has 0 radical (unpaired) electrons. The Morgan fingerprint density at radius 2 is 2.23 bits per heavy atom. The quantitative estimate of drug-likeness (QED) is 0.481. The zero-order valence-corrected chi connectivity index (χ0v) is 15.9. The SMILES string of the molecule is O=C1O[C@@H](Cn2ccnn2)CN1c1ccc(-n2cc(-c3noc(CO)n3)cn2)c(F)c1. The van der Waals surface area contributed by atoms with Crippen LogP contribution in [0.4, 0.5) is 14.9 Å². The van der Waals surface area contributed by atoms with Crippen LogP contribution in [0.15, 0.2) is 47.5 Å². The molecule has 0 unspecified atom stereocenters. The van der Waals surface area contributed by atoms with E-state index in [1.54, 1.807) is 16.9 Å². The molecular weight excluding hydrogens is 411 g/mol. The van der Waals surface area contributed by atoms with Gasteiger partial charge in [-0.2, -0.15) is 10.1 Å². The fourth-order valence-electron chi connectivity index (χ4n) is 3.22. The van der Waals surface area contributed by atoms with Crippen LogP contribution in [-0.4, -0.2) is 58.8 Å². The van der Waals surface area contributed by atoms with Crippen molar-refractivity contribution in [3.05, 3.63) is 54.7 Å². The van der Waals surface area contributed by atoms with E-state index in [-0.39, 0.29) is 30.6 Å². The number of aliphatic hydroxyl groups is 1. The van der Waals surface area contributed by atoms with Crippen LogP contribution in [0, 0.1) is 5.82 Å². The van der Waals surface area contributed by atoms with Crippen molar-refractivity contribution >= 4 is 11.8 Å². The molecular formula is C18H15FN8O4. The number of carbonyl (C=O) groups is 1. The highest BCUT2D eigenvalue weighted by molar-refractivity contribution is 5.89. The van der Waals surface area contributed by atoms with Gasteiger partial charge in [-0.05, 0) is 18.2 Å². The highest BCUT2D eigenvalue weighted by Gasteiger charge is 2.33. The molecule has 1 aliphatic heterocycles.